The van der Waals surface area contributed by atoms with E-state index >= 15 is 0 Å². The number of nitrogens with zero attached hydrogens (tertiary/aromatic N) is 3. The van der Waals surface area contributed by atoms with Crippen molar-refractivity contribution in [1.82, 2.24) is 19.7 Å². The van der Waals surface area contributed by atoms with Crippen molar-refractivity contribution >= 4 is 46.3 Å². The van der Waals surface area contributed by atoms with Gasteiger partial charge in [0.25, 0.3) is 5.91 Å². The van der Waals surface area contributed by atoms with Gasteiger partial charge in [-0.1, -0.05) is 54.4 Å². The van der Waals surface area contributed by atoms with Crippen molar-refractivity contribution in [2.75, 3.05) is 18.4 Å². The highest BCUT2D eigenvalue weighted by Gasteiger charge is 2.23. The van der Waals surface area contributed by atoms with Crippen molar-refractivity contribution in [3.05, 3.63) is 86.9 Å². The molecule has 0 spiro atoms. The molecule has 186 valence electrons. The van der Waals surface area contributed by atoms with Crippen LogP contribution in [0.2, 0.25) is 10.0 Å². The number of nitrogens with two attached hydrogens (primary N) is 1. The number of anilines is 2. The maximum atomic E-state index is 12.6. The number of fused-ring (bicyclic) bond motifs is 1. The minimum Gasteiger partial charge on any atom is -0.365 e. The van der Waals surface area contributed by atoms with Gasteiger partial charge >= 0.3 is 0 Å². The summed E-state index contributed by atoms with van der Waals surface area (Å²) in [6.45, 7) is 4.02. The van der Waals surface area contributed by atoms with Crippen molar-refractivity contribution in [3.63, 3.8) is 0 Å². The van der Waals surface area contributed by atoms with Crippen molar-refractivity contribution in [3.8, 4) is 0 Å². The zero-order valence-electron chi connectivity index (χ0n) is 20.0. The lowest BCUT2D eigenvalue weighted by molar-refractivity contribution is 0.100. The molecule has 1 fully saturated rings. The molecule has 0 aliphatic carbocycles. The lowest BCUT2D eigenvalue weighted by Crippen LogP contribution is -2.26. The summed E-state index contributed by atoms with van der Waals surface area (Å²) in [6.07, 6.45) is 5.21. The van der Waals surface area contributed by atoms with Gasteiger partial charge in [0.05, 0.1) is 16.4 Å². The third kappa shape index (κ3) is 4.91. The molecule has 1 aliphatic heterocycles. The van der Waals surface area contributed by atoms with Gasteiger partial charge in [0, 0.05) is 17.6 Å². The number of aryl methyl sites for hydroxylation is 1. The molecule has 3 heterocycles. The quantitative estimate of drug-likeness (QED) is 0.297. The predicted octanol–water partition coefficient (Wildman–Crippen LogP) is 5.50. The molecular weight excluding hydrogens is 495 g/mol. The van der Waals surface area contributed by atoms with Crippen LogP contribution in [0.15, 0.2) is 48.7 Å². The van der Waals surface area contributed by atoms with E-state index < -0.39 is 5.91 Å². The maximum absolute atomic E-state index is 12.6. The molecule has 7 nitrogen and oxygen atoms in total. The monoisotopic (exact) mass is 522 g/mol. The van der Waals surface area contributed by atoms with Crippen LogP contribution in [0.4, 0.5) is 11.5 Å². The number of nitrogens with one attached hydrogen (secondary N) is 2. The highest BCUT2D eigenvalue weighted by atomic mass is 35.5. The van der Waals surface area contributed by atoms with Gasteiger partial charge in [-0.2, -0.15) is 0 Å². The first kappa shape index (κ1) is 24.6. The number of carbonyl (C=O) groups excluding carboxylic acids is 1. The minimum absolute atomic E-state index is 0.219. The van der Waals surface area contributed by atoms with Crippen LogP contribution in [-0.2, 0) is 12.8 Å². The smallest absolute Gasteiger partial charge is 0.256 e. The maximum Gasteiger partial charge on any atom is 0.256 e. The Morgan fingerprint density at radius 2 is 1.92 bits per heavy atom. The number of hydrogen-bond acceptors (Lipinski definition) is 5. The van der Waals surface area contributed by atoms with Crippen LogP contribution in [0.1, 0.15) is 58.7 Å². The summed E-state index contributed by atoms with van der Waals surface area (Å²) in [6, 6.07) is 13.6. The third-order valence-electron chi connectivity index (χ3n) is 6.71. The van der Waals surface area contributed by atoms with Crippen molar-refractivity contribution in [2.24, 2.45) is 5.73 Å². The first-order valence-corrected chi connectivity index (χ1v) is 12.9. The Balaban J connectivity index is 1.58. The zero-order chi connectivity index (χ0) is 25.2. The third-order valence-corrected chi connectivity index (χ3v) is 7.39. The minimum atomic E-state index is -0.616. The Kier molecular flexibility index (Phi) is 7.14. The molecule has 0 bridgehead atoms. The molecule has 1 amide bonds. The summed E-state index contributed by atoms with van der Waals surface area (Å²) in [4.78, 5) is 22.1. The zero-order valence-corrected chi connectivity index (χ0v) is 21.5. The summed E-state index contributed by atoms with van der Waals surface area (Å²) in [5.74, 6) is 0.866. The molecule has 2 aromatic carbocycles. The van der Waals surface area contributed by atoms with E-state index in [0.717, 1.165) is 37.2 Å². The van der Waals surface area contributed by atoms with Gasteiger partial charge in [0.2, 0.25) is 0 Å². The molecule has 2 aromatic heterocycles. The van der Waals surface area contributed by atoms with Gasteiger partial charge in [-0.05, 0) is 67.6 Å². The summed E-state index contributed by atoms with van der Waals surface area (Å²) < 4.78 is 1.83. The number of hydrogen-bond donors (Lipinski definition) is 3. The average Bonchev–Trinajstić information content (AvgIpc) is 3.31. The van der Waals surface area contributed by atoms with E-state index in [1.165, 1.54) is 5.56 Å². The highest BCUT2D eigenvalue weighted by molar-refractivity contribution is 6.33. The van der Waals surface area contributed by atoms with Gasteiger partial charge in [-0.3, -0.25) is 9.20 Å². The van der Waals surface area contributed by atoms with E-state index in [1.54, 1.807) is 0 Å². The normalized spacial score (nSPS) is 14.3. The Labute approximate surface area is 220 Å². The number of amides is 1. The average molecular weight is 523 g/mol. The largest absolute Gasteiger partial charge is 0.365 e. The van der Waals surface area contributed by atoms with E-state index in [-0.39, 0.29) is 5.56 Å². The molecule has 1 aliphatic rings. The Hall–Kier alpha value is -3.13. The number of primary amides is 1. The number of benzene rings is 2. The molecule has 0 radical (unpaired) electrons. The molecule has 4 aromatic rings. The lowest BCUT2D eigenvalue weighted by Gasteiger charge is -2.23. The summed E-state index contributed by atoms with van der Waals surface area (Å²) in [5.41, 5.74) is 10.1. The molecule has 0 saturated carbocycles. The van der Waals surface area contributed by atoms with E-state index in [1.807, 2.05) is 53.9 Å². The summed E-state index contributed by atoms with van der Waals surface area (Å²) >= 11 is 13.2. The van der Waals surface area contributed by atoms with Gasteiger partial charge < -0.3 is 16.4 Å². The molecule has 4 N–H and O–H groups in total. The second-order valence-electron chi connectivity index (χ2n) is 9.05. The van der Waals surface area contributed by atoms with Crippen molar-refractivity contribution < 1.29 is 4.79 Å². The number of aromatic nitrogens is 3. The topological polar surface area (TPSA) is 97.3 Å². The van der Waals surface area contributed by atoms with E-state index in [4.69, 9.17) is 33.9 Å². The second-order valence-corrected chi connectivity index (χ2v) is 9.87. The summed E-state index contributed by atoms with van der Waals surface area (Å²) in [5, 5.41) is 7.87. The molecule has 9 heteroatoms. The number of carbonyl (C=O) groups is 1. The van der Waals surface area contributed by atoms with Gasteiger partial charge in [-0.15, -0.1) is 0 Å². The second kappa shape index (κ2) is 10.5. The Morgan fingerprint density at radius 3 is 2.61 bits per heavy atom. The number of rotatable bonds is 7. The standard InChI is InChI=1S/C27H28Cl2N6O/c1-2-19-15-35-23(14-18-5-3-4-6-20(18)28)34-26(24(25(30)36)27(35)32-19)33-22-8-7-17(13-21(22)29)16-9-11-31-12-10-16/h3-8,13,15-16,31,33H,2,9-12,14H2,1H3,(H2,30,36). The van der Waals surface area contributed by atoms with E-state index in [9.17, 15) is 4.79 Å². The Bertz CT molecular complexity index is 1430. The lowest BCUT2D eigenvalue weighted by atomic mass is 9.90. The number of piperidine rings is 1. The first-order chi connectivity index (χ1) is 17.4. The van der Waals surface area contributed by atoms with Crippen LogP contribution in [0, 0.1) is 0 Å². The first-order valence-electron chi connectivity index (χ1n) is 12.2. The fourth-order valence-electron chi connectivity index (χ4n) is 4.74. The summed E-state index contributed by atoms with van der Waals surface area (Å²) in [7, 11) is 0. The molecule has 5 rings (SSSR count). The predicted molar refractivity (Wildman–Crippen MR) is 145 cm³/mol. The van der Waals surface area contributed by atoms with Gasteiger partial charge in [0.1, 0.15) is 17.2 Å². The van der Waals surface area contributed by atoms with Crippen LogP contribution in [0.25, 0.3) is 5.65 Å². The SMILES string of the molecule is CCc1cn2c(Cc3ccccc3Cl)nc(Nc3ccc(C4CCNCC4)cc3Cl)c(C(N)=O)c2n1. The van der Waals surface area contributed by atoms with Crippen molar-refractivity contribution in [1.29, 1.82) is 0 Å². The molecule has 0 atom stereocenters. The molecule has 1 saturated heterocycles. The highest BCUT2D eigenvalue weighted by Crippen LogP contribution is 2.34. The van der Waals surface area contributed by atoms with Gasteiger partial charge in [0.15, 0.2) is 5.65 Å². The van der Waals surface area contributed by atoms with Crippen LogP contribution in [0.5, 0.6) is 0 Å². The van der Waals surface area contributed by atoms with Crippen LogP contribution in [-0.4, -0.2) is 33.4 Å². The fourth-order valence-corrected chi connectivity index (χ4v) is 5.18. The fraction of sp³-hybridized carbons (Fsp3) is 0.296. The van der Waals surface area contributed by atoms with E-state index in [0.29, 0.717) is 51.8 Å². The number of imidazole rings is 1. The number of halogens is 2. The van der Waals surface area contributed by atoms with Crippen LogP contribution < -0.4 is 16.4 Å². The van der Waals surface area contributed by atoms with Crippen LogP contribution in [0.3, 0.4) is 0 Å². The van der Waals surface area contributed by atoms with Gasteiger partial charge in [-0.25, -0.2) is 9.97 Å². The molecular formula is C27H28Cl2N6O. The van der Waals surface area contributed by atoms with E-state index in [2.05, 4.69) is 21.7 Å². The molecule has 0 unspecified atom stereocenters. The molecule has 36 heavy (non-hydrogen) atoms. The Morgan fingerprint density at radius 1 is 1.14 bits per heavy atom. The van der Waals surface area contributed by atoms with Crippen molar-refractivity contribution in [2.45, 2.75) is 38.5 Å². The van der Waals surface area contributed by atoms with Crippen LogP contribution >= 0.6 is 23.2 Å².